The van der Waals surface area contributed by atoms with E-state index in [1.165, 1.54) is 12.1 Å². The molecule has 34 heavy (non-hydrogen) atoms. The predicted molar refractivity (Wildman–Crippen MR) is 122 cm³/mol. The number of piperidine rings is 1. The lowest BCUT2D eigenvalue weighted by atomic mass is 9.91. The number of anilines is 1. The summed E-state index contributed by atoms with van der Waals surface area (Å²) in [6.07, 6.45) is 3.15. The highest BCUT2D eigenvalue weighted by atomic mass is 19.1. The molecular weight excluding hydrogens is 441 g/mol. The van der Waals surface area contributed by atoms with E-state index in [1.807, 2.05) is 12.1 Å². The van der Waals surface area contributed by atoms with Crippen molar-refractivity contribution in [2.45, 2.75) is 31.6 Å². The van der Waals surface area contributed by atoms with Gasteiger partial charge in [0.15, 0.2) is 17.1 Å². The van der Waals surface area contributed by atoms with E-state index in [4.69, 9.17) is 18.7 Å². The SMILES string of the molecule is O=C(OCCCN1CCC(c2noc3cc(F)ccc23)CC1)N1CCc2c1ccc1c2OCO1. The molecule has 2 aromatic carbocycles. The fraction of sp³-hybridized carbons (Fsp3) is 0.440. The summed E-state index contributed by atoms with van der Waals surface area (Å²) in [6, 6.07) is 8.34. The summed E-state index contributed by atoms with van der Waals surface area (Å²) in [6.45, 7) is 3.96. The number of halogens is 1. The van der Waals surface area contributed by atoms with Gasteiger partial charge in [0.1, 0.15) is 5.82 Å². The minimum atomic E-state index is -0.314. The molecule has 8 nitrogen and oxygen atoms in total. The van der Waals surface area contributed by atoms with Crippen molar-refractivity contribution in [3.05, 3.63) is 47.4 Å². The van der Waals surface area contributed by atoms with Gasteiger partial charge in [-0.05, 0) is 63.0 Å². The van der Waals surface area contributed by atoms with Crippen LogP contribution in [0.1, 0.15) is 36.4 Å². The summed E-state index contributed by atoms with van der Waals surface area (Å²) in [5.41, 5.74) is 3.29. The van der Waals surface area contributed by atoms with Crippen LogP contribution in [0, 0.1) is 5.82 Å². The van der Waals surface area contributed by atoms with E-state index in [2.05, 4.69) is 10.1 Å². The normalized spacial score (nSPS) is 18.0. The van der Waals surface area contributed by atoms with Crippen LogP contribution in [0.3, 0.4) is 0 Å². The number of likely N-dealkylation sites (tertiary alicyclic amines) is 1. The van der Waals surface area contributed by atoms with Crippen molar-refractivity contribution in [3.8, 4) is 11.5 Å². The van der Waals surface area contributed by atoms with Crippen LogP contribution in [-0.2, 0) is 11.2 Å². The first-order chi connectivity index (χ1) is 16.7. The Labute approximate surface area is 196 Å². The van der Waals surface area contributed by atoms with Gasteiger partial charge in [0.2, 0.25) is 6.79 Å². The highest BCUT2D eigenvalue weighted by molar-refractivity contribution is 5.91. The lowest BCUT2D eigenvalue weighted by Gasteiger charge is -2.31. The van der Waals surface area contributed by atoms with Gasteiger partial charge in [0.25, 0.3) is 0 Å². The number of hydrogen-bond acceptors (Lipinski definition) is 7. The molecule has 0 radical (unpaired) electrons. The summed E-state index contributed by atoms with van der Waals surface area (Å²) in [5.74, 6) is 1.49. The maximum Gasteiger partial charge on any atom is 0.414 e. The molecule has 1 fully saturated rings. The summed E-state index contributed by atoms with van der Waals surface area (Å²) in [5, 5.41) is 5.12. The molecule has 178 valence electrons. The molecule has 3 aromatic rings. The second-order valence-corrected chi connectivity index (χ2v) is 8.99. The Morgan fingerprint density at radius 1 is 1.15 bits per heavy atom. The number of ether oxygens (including phenoxy) is 3. The number of aromatic nitrogens is 1. The molecule has 9 heteroatoms. The molecule has 0 bridgehead atoms. The first-order valence-electron chi connectivity index (χ1n) is 11.8. The monoisotopic (exact) mass is 467 g/mol. The van der Waals surface area contributed by atoms with E-state index in [9.17, 15) is 9.18 Å². The zero-order chi connectivity index (χ0) is 23.1. The van der Waals surface area contributed by atoms with Crippen LogP contribution in [0.25, 0.3) is 11.0 Å². The third-order valence-corrected chi connectivity index (χ3v) is 6.99. The molecule has 0 atom stereocenters. The van der Waals surface area contributed by atoms with Crippen LogP contribution in [0.2, 0.25) is 0 Å². The number of fused-ring (bicyclic) bond motifs is 4. The molecule has 1 aromatic heterocycles. The van der Waals surface area contributed by atoms with Gasteiger partial charge in [0, 0.05) is 36.0 Å². The van der Waals surface area contributed by atoms with Crippen molar-refractivity contribution in [2.75, 3.05) is 44.5 Å². The van der Waals surface area contributed by atoms with Gasteiger partial charge < -0.3 is 23.6 Å². The molecule has 3 aliphatic rings. The highest BCUT2D eigenvalue weighted by Crippen LogP contribution is 2.44. The molecule has 0 N–H and O–H groups in total. The molecular formula is C25H26FN3O5. The lowest BCUT2D eigenvalue weighted by Crippen LogP contribution is -2.35. The van der Waals surface area contributed by atoms with Gasteiger partial charge in [-0.25, -0.2) is 9.18 Å². The number of carbonyl (C=O) groups excluding carboxylic acids is 1. The first kappa shape index (κ1) is 21.2. The third kappa shape index (κ3) is 3.83. The minimum absolute atomic E-state index is 0.225. The lowest BCUT2D eigenvalue weighted by molar-refractivity contribution is 0.140. The fourth-order valence-electron chi connectivity index (χ4n) is 5.23. The van der Waals surface area contributed by atoms with Gasteiger partial charge in [-0.1, -0.05) is 5.16 Å². The van der Waals surface area contributed by atoms with E-state index in [-0.39, 0.29) is 18.7 Å². The van der Waals surface area contributed by atoms with Crippen molar-refractivity contribution in [3.63, 3.8) is 0 Å². The molecule has 6 rings (SSSR count). The fourth-order valence-corrected chi connectivity index (χ4v) is 5.23. The van der Waals surface area contributed by atoms with E-state index in [0.29, 0.717) is 24.7 Å². The van der Waals surface area contributed by atoms with Crippen molar-refractivity contribution >= 4 is 22.7 Å². The smallest absolute Gasteiger partial charge is 0.414 e. The number of hydrogen-bond donors (Lipinski definition) is 0. The van der Waals surface area contributed by atoms with Gasteiger partial charge >= 0.3 is 6.09 Å². The van der Waals surface area contributed by atoms with Gasteiger partial charge in [-0.15, -0.1) is 0 Å². The molecule has 0 aliphatic carbocycles. The van der Waals surface area contributed by atoms with Crippen molar-refractivity contribution < 1.29 is 27.9 Å². The Morgan fingerprint density at radius 2 is 2.03 bits per heavy atom. The molecule has 1 amide bonds. The Kier molecular flexibility index (Phi) is 5.49. The van der Waals surface area contributed by atoms with Gasteiger partial charge in [0.05, 0.1) is 18.0 Å². The Morgan fingerprint density at radius 3 is 2.91 bits per heavy atom. The van der Waals surface area contributed by atoms with E-state index in [1.54, 1.807) is 11.0 Å². The van der Waals surface area contributed by atoms with Crippen LogP contribution in [-0.4, -0.2) is 55.7 Å². The predicted octanol–water partition coefficient (Wildman–Crippen LogP) is 4.46. The summed E-state index contributed by atoms with van der Waals surface area (Å²) >= 11 is 0. The largest absolute Gasteiger partial charge is 0.454 e. The zero-order valence-corrected chi connectivity index (χ0v) is 18.8. The quantitative estimate of drug-likeness (QED) is 0.513. The number of carbonyl (C=O) groups is 1. The number of benzene rings is 2. The Hall–Kier alpha value is -3.33. The zero-order valence-electron chi connectivity index (χ0n) is 18.8. The number of rotatable bonds is 5. The Balaban J connectivity index is 0.962. The average molecular weight is 467 g/mol. The summed E-state index contributed by atoms with van der Waals surface area (Å²) in [4.78, 5) is 16.7. The molecule has 0 saturated carbocycles. The highest BCUT2D eigenvalue weighted by Gasteiger charge is 2.32. The van der Waals surface area contributed by atoms with Crippen LogP contribution < -0.4 is 14.4 Å². The maximum atomic E-state index is 13.4. The van der Waals surface area contributed by atoms with Crippen LogP contribution in [0.15, 0.2) is 34.9 Å². The second kappa shape index (κ2) is 8.79. The second-order valence-electron chi connectivity index (χ2n) is 8.99. The number of nitrogens with zero attached hydrogens (tertiary/aromatic N) is 3. The molecule has 0 unspecified atom stereocenters. The number of amides is 1. The van der Waals surface area contributed by atoms with Crippen molar-refractivity contribution in [1.29, 1.82) is 0 Å². The van der Waals surface area contributed by atoms with E-state index >= 15 is 0 Å². The van der Waals surface area contributed by atoms with Crippen molar-refractivity contribution in [2.24, 2.45) is 0 Å². The summed E-state index contributed by atoms with van der Waals surface area (Å²) in [7, 11) is 0. The van der Waals surface area contributed by atoms with Crippen LogP contribution >= 0.6 is 0 Å². The van der Waals surface area contributed by atoms with Crippen molar-refractivity contribution in [1.82, 2.24) is 10.1 Å². The molecule has 3 aliphatic heterocycles. The Bertz CT molecular complexity index is 1220. The van der Waals surface area contributed by atoms with E-state index < -0.39 is 0 Å². The third-order valence-electron chi connectivity index (χ3n) is 6.99. The van der Waals surface area contributed by atoms with E-state index in [0.717, 1.165) is 79.1 Å². The summed E-state index contributed by atoms with van der Waals surface area (Å²) < 4.78 is 35.3. The minimum Gasteiger partial charge on any atom is -0.454 e. The molecule has 4 heterocycles. The maximum absolute atomic E-state index is 13.4. The van der Waals surface area contributed by atoms with Gasteiger partial charge in [-0.2, -0.15) is 0 Å². The first-order valence-corrected chi connectivity index (χ1v) is 11.8. The molecule has 0 spiro atoms. The van der Waals surface area contributed by atoms with Gasteiger partial charge in [-0.3, -0.25) is 4.90 Å². The average Bonchev–Trinajstić information content (AvgIpc) is 3.59. The van der Waals surface area contributed by atoms with Crippen LogP contribution in [0.5, 0.6) is 11.5 Å². The van der Waals surface area contributed by atoms with Crippen LogP contribution in [0.4, 0.5) is 14.9 Å². The standard InChI is InChI=1S/C25H26FN3O5/c26-17-2-3-19-22(14-17)34-27-23(19)16-6-10-28(11-7-16)9-1-13-31-25(30)29-12-8-18-20(29)4-5-21-24(18)33-15-32-21/h2-5,14,16H,1,6-13,15H2. The topological polar surface area (TPSA) is 77.3 Å². The molecule has 1 saturated heterocycles.